The molecule has 18 heavy (non-hydrogen) atoms. The molecule has 2 atom stereocenters. The predicted molar refractivity (Wildman–Crippen MR) is 78.6 cm³/mol. The summed E-state index contributed by atoms with van der Waals surface area (Å²) in [6.07, 6.45) is 9.78. The Bertz CT molecular complexity index is 233. The summed E-state index contributed by atoms with van der Waals surface area (Å²) >= 11 is 0. The zero-order valence-electron chi connectivity index (χ0n) is 12.5. The molecule has 2 heteroatoms. The average Bonchev–Trinajstić information content (AvgIpc) is 2.54. The topological polar surface area (TPSA) is 29.3 Å². The van der Waals surface area contributed by atoms with Gasteiger partial charge in [-0.2, -0.15) is 0 Å². The quantitative estimate of drug-likeness (QED) is 0.781. The summed E-state index contributed by atoms with van der Waals surface area (Å²) in [4.78, 5) is 2.72. The molecule has 1 saturated heterocycles. The minimum atomic E-state index is 0.438. The van der Waals surface area contributed by atoms with Gasteiger partial charge < -0.3 is 10.6 Å². The fourth-order valence-corrected chi connectivity index (χ4v) is 4.30. The molecule has 1 aliphatic carbocycles. The van der Waals surface area contributed by atoms with Crippen molar-refractivity contribution >= 4 is 0 Å². The molecule has 0 aromatic carbocycles. The van der Waals surface area contributed by atoms with Crippen LogP contribution in [0.25, 0.3) is 0 Å². The van der Waals surface area contributed by atoms with Crippen LogP contribution in [0.15, 0.2) is 0 Å². The average molecular weight is 252 g/mol. The van der Waals surface area contributed by atoms with Crippen LogP contribution < -0.4 is 5.73 Å². The summed E-state index contributed by atoms with van der Waals surface area (Å²) < 4.78 is 0. The summed E-state index contributed by atoms with van der Waals surface area (Å²) in [5.74, 6) is 1.74. The van der Waals surface area contributed by atoms with Gasteiger partial charge >= 0.3 is 0 Å². The molecule has 1 aliphatic heterocycles. The van der Waals surface area contributed by atoms with Gasteiger partial charge in [0, 0.05) is 19.6 Å². The maximum absolute atomic E-state index is 6.17. The largest absolute Gasteiger partial charge is 0.330 e. The van der Waals surface area contributed by atoms with Crippen molar-refractivity contribution in [2.75, 3.05) is 26.2 Å². The monoisotopic (exact) mass is 252 g/mol. The number of rotatable bonds is 3. The van der Waals surface area contributed by atoms with E-state index in [0.717, 1.165) is 18.4 Å². The highest BCUT2D eigenvalue weighted by atomic mass is 15.1. The molecule has 2 aliphatic rings. The van der Waals surface area contributed by atoms with Crippen molar-refractivity contribution in [3.63, 3.8) is 0 Å². The lowest BCUT2D eigenvalue weighted by molar-refractivity contribution is 0.0764. The molecule has 1 saturated carbocycles. The molecule has 0 aromatic rings. The Morgan fingerprint density at radius 2 is 1.56 bits per heavy atom. The van der Waals surface area contributed by atoms with Gasteiger partial charge in [0.2, 0.25) is 0 Å². The van der Waals surface area contributed by atoms with E-state index < -0.39 is 0 Å². The van der Waals surface area contributed by atoms with Crippen LogP contribution in [0.1, 0.15) is 58.8 Å². The van der Waals surface area contributed by atoms with Crippen molar-refractivity contribution in [1.29, 1.82) is 0 Å². The Kier molecular flexibility index (Phi) is 5.08. The van der Waals surface area contributed by atoms with Crippen LogP contribution in [-0.4, -0.2) is 31.1 Å². The van der Waals surface area contributed by atoms with Crippen molar-refractivity contribution in [3.05, 3.63) is 0 Å². The standard InChI is InChI=1S/C16H32N2/c1-14-9-15(2)11-18(10-14)13-16(12-17)7-5-3-4-6-8-16/h14-15H,3-13,17H2,1-2H3. The van der Waals surface area contributed by atoms with E-state index in [1.807, 2.05) is 0 Å². The summed E-state index contributed by atoms with van der Waals surface area (Å²) in [6, 6.07) is 0. The van der Waals surface area contributed by atoms with Gasteiger partial charge in [0.05, 0.1) is 0 Å². The van der Waals surface area contributed by atoms with Crippen molar-refractivity contribution in [2.24, 2.45) is 23.0 Å². The highest BCUT2D eigenvalue weighted by molar-refractivity contribution is 4.88. The minimum absolute atomic E-state index is 0.438. The first-order valence-corrected chi connectivity index (χ1v) is 8.06. The molecule has 2 nitrogen and oxygen atoms in total. The highest BCUT2D eigenvalue weighted by Gasteiger charge is 2.33. The molecular weight excluding hydrogens is 220 g/mol. The first-order chi connectivity index (χ1) is 8.63. The van der Waals surface area contributed by atoms with E-state index in [1.165, 1.54) is 64.6 Å². The molecule has 0 amide bonds. The van der Waals surface area contributed by atoms with Crippen LogP contribution in [-0.2, 0) is 0 Å². The lowest BCUT2D eigenvalue weighted by Crippen LogP contribution is -2.47. The van der Waals surface area contributed by atoms with Crippen LogP contribution in [0, 0.1) is 17.3 Å². The van der Waals surface area contributed by atoms with Gasteiger partial charge in [0.15, 0.2) is 0 Å². The second-order valence-corrected chi connectivity index (χ2v) is 7.26. The minimum Gasteiger partial charge on any atom is -0.330 e. The fraction of sp³-hybridized carbons (Fsp3) is 1.00. The van der Waals surface area contributed by atoms with Crippen LogP contribution in [0.3, 0.4) is 0 Å². The summed E-state index contributed by atoms with van der Waals surface area (Å²) in [5.41, 5.74) is 6.61. The van der Waals surface area contributed by atoms with E-state index in [2.05, 4.69) is 18.7 Å². The van der Waals surface area contributed by atoms with Crippen molar-refractivity contribution < 1.29 is 0 Å². The molecule has 0 spiro atoms. The van der Waals surface area contributed by atoms with Crippen LogP contribution in [0.2, 0.25) is 0 Å². The fourth-order valence-electron chi connectivity index (χ4n) is 4.30. The zero-order chi connectivity index (χ0) is 13.0. The van der Waals surface area contributed by atoms with Crippen LogP contribution >= 0.6 is 0 Å². The first-order valence-electron chi connectivity index (χ1n) is 8.06. The third-order valence-electron chi connectivity index (χ3n) is 5.10. The number of nitrogens with two attached hydrogens (primary N) is 1. The first kappa shape index (κ1) is 14.3. The van der Waals surface area contributed by atoms with E-state index in [1.54, 1.807) is 0 Å². The van der Waals surface area contributed by atoms with E-state index in [0.29, 0.717) is 5.41 Å². The normalized spacial score (nSPS) is 34.2. The van der Waals surface area contributed by atoms with Crippen molar-refractivity contribution in [3.8, 4) is 0 Å². The Morgan fingerprint density at radius 1 is 1.00 bits per heavy atom. The van der Waals surface area contributed by atoms with Gasteiger partial charge in [-0.25, -0.2) is 0 Å². The van der Waals surface area contributed by atoms with Crippen molar-refractivity contribution in [2.45, 2.75) is 58.8 Å². The number of likely N-dealkylation sites (tertiary alicyclic amines) is 1. The second kappa shape index (κ2) is 6.38. The Balaban J connectivity index is 1.95. The van der Waals surface area contributed by atoms with E-state index >= 15 is 0 Å². The molecule has 0 radical (unpaired) electrons. The van der Waals surface area contributed by atoms with Crippen LogP contribution in [0.4, 0.5) is 0 Å². The predicted octanol–water partition coefficient (Wildman–Crippen LogP) is 3.26. The molecular formula is C16H32N2. The number of hydrogen-bond donors (Lipinski definition) is 1. The van der Waals surface area contributed by atoms with Gasteiger partial charge in [-0.05, 0) is 43.1 Å². The van der Waals surface area contributed by atoms with Crippen LogP contribution in [0.5, 0.6) is 0 Å². The molecule has 2 rings (SSSR count). The Hall–Kier alpha value is -0.0800. The van der Waals surface area contributed by atoms with Crippen molar-refractivity contribution in [1.82, 2.24) is 4.90 Å². The maximum atomic E-state index is 6.17. The molecule has 2 fully saturated rings. The molecule has 0 bridgehead atoms. The summed E-state index contributed by atoms with van der Waals surface area (Å²) in [6.45, 7) is 9.57. The number of nitrogens with zero attached hydrogens (tertiary/aromatic N) is 1. The SMILES string of the molecule is CC1CC(C)CN(CC2(CN)CCCCCC2)C1. The van der Waals surface area contributed by atoms with E-state index in [9.17, 15) is 0 Å². The Labute approximate surface area is 113 Å². The lowest BCUT2D eigenvalue weighted by Gasteiger charge is -2.42. The van der Waals surface area contributed by atoms with Gasteiger partial charge in [0.25, 0.3) is 0 Å². The number of piperidine rings is 1. The summed E-state index contributed by atoms with van der Waals surface area (Å²) in [7, 11) is 0. The number of hydrogen-bond acceptors (Lipinski definition) is 2. The maximum Gasteiger partial charge on any atom is 0.00503 e. The molecule has 0 aromatic heterocycles. The molecule has 1 heterocycles. The zero-order valence-corrected chi connectivity index (χ0v) is 12.5. The Morgan fingerprint density at radius 3 is 2.06 bits per heavy atom. The van der Waals surface area contributed by atoms with Gasteiger partial charge in [-0.15, -0.1) is 0 Å². The van der Waals surface area contributed by atoms with E-state index in [-0.39, 0.29) is 0 Å². The molecule has 2 N–H and O–H groups in total. The third-order valence-corrected chi connectivity index (χ3v) is 5.10. The summed E-state index contributed by atoms with van der Waals surface area (Å²) in [5, 5.41) is 0. The smallest absolute Gasteiger partial charge is 0.00503 e. The second-order valence-electron chi connectivity index (χ2n) is 7.26. The lowest BCUT2D eigenvalue weighted by atomic mass is 9.79. The van der Waals surface area contributed by atoms with Gasteiger partial charge in [-0.1, -0.05) is 39.5 Å². The molecule has 2 unspecified atom stereocenters. The molecule has 106 valence electrons. The van der Waals surface area contributed by atoms with Gasteiger partial charge in [-0.3, -0.25) is 0 Å². The van der Waals surface area contributed by atoms with E-state index in [4.69, 9.17) is 5.73 Å². The van der Waals surface area contributed by atoms with Gasteiger partial charge in [0.1, 0.15) is 0 Å². The highest BCUT2D eigenvalue weighted by Crippen LogP contribution is 2.36. The third kappa shape index (κ3) is 3.71.